The van der Waals surface area contributed by atoms with E-state index < -0.39 is 113 Å². The number of likely N-dealkylation sites (tertiary alicyclic amines) is 2. The van der Waals surface area contributed by atoms with Crippen LogP contribution in [0.2, 0.25) is 0 Å². The van der Waals surface area contributed by atoms with Crippen LogP contribution in [0, 0.1) is 49.0 Å². The van der Waals surface area contributed by atoms with Crippen LogP contribution in [0.3, 0.4) is 0 Å². The summed E-state index contributed by atoms with van der Waals surface area (Å²) in [5.74, 6) is -3.81. The predicted octanol–water partition coefficient (Wildman–Crippen LogP) is 8.16. The molecule has 14 N–H and O–H groups in total. The molecule has 6 saturated heterocycles. The van der Waals surface area contributed by atoms with Crippen molar-refractivity contribution in [1.29, 1.82) is 0 Å². The number of nitrogens with zero attached hydrogens (tertiary/aromatic N) is 8. The number of ether oxygens (including phenoxy) is 3. The number of carbonyl (C=O) groups excluding carboxylic acids is 5. The quantitative estimate of drug-likeness (QED) is 0.0215. The third kappa shape index (κ3) is 28.9. The molecule has 0 atom stereocenters. The molecular weight excluding hydrogens is 1990 g/mol. The van der Waals surface area contributed by atoms with Gasteiger partial charge in [0.1, 0.15) is 51.4 Å². The van der Waals surface area contributed by atoms with Crippen LogP contribution in [-0.4, -0.2) is 276 Å². The SMILES string of the molecule is Cc1cc(C(=O)N2CCC(O)CC2)cc(C)c1/C=C/S(=O)(=O)N1CCC2(CC1)N=C(c1cccc(OC(F)(F)F)c1)NC2=O.Cc1cc(C(=O)N2CCC(O)CC2)cc(C)c1CCS(=O)(=O)N1CCC2(CC1)N=C(c1cccc(OC(F)(F)F)c1)NC2=O.Cc1cc(C(=O)O)cc(C)c1/C=C/S(=O)(=O)N1CCC2(CC1)N=C(c1cccc(OC(F)(F)F)c1)NC2=O.O.O.O.OC1CCNCC1.[CH3-].[HH].[Pd]. The normalized spacial score (nSPS) is 18.8. The number of aliphatic hydroxyl groups is 3. The van der Waals surface area contributed by atoms with Crippen molar-refractivity contribution in [2.75, 3.05) is 84.3 Å². The van der Waals surface area contributed by atoms with Crippen molar-refractivity contribution in [1.82, 2.24) is 44.0 Å². The topological polar surface area (TPSA) is 509 Å². The van der Waals surface area contributed by atoms with E-state index in [1.807, 2.05) is 13.8 Å². The van der Waals surface area contributed by atoms with Crippen molar-refractivity contribution in [2.24, 2.45) is 15.0 Å². The van der Waals surface area contributed by atoms with E-state index in [-0.39, 0.29) is 199 Å². The molecule has 6 fully saturated rings. The number of aromatic carboxylic acids is 1. The molecule has 6 aromatic rings. The molecule has 15 rings (SSSR count). The first-order valence-corrected chi connectivity index (χ1v) is 47.6. The van der Waals surface area contributed by atoms with Crippen LogP contribution in [0.15, 0.2) is 135 Å². The molecule has 762 valence electrons. The first-order chi connectivity index (χ1) is 62.4. The molecule has 0 saturated carbocycles. The first-order valence-electron chi connectivity index (χ1n) is 43.0. The second kappa shape index (κ2) is 46.7. The number of amidine groups is 3. The molecule has 0 unspecified atom stereocenters. The number of carboxylic acid groups (broad SMARTS) is 1. The maximum absolute atomic E-state index is 13.3. The minimum Gasteiger partial charge on any atom is -0.478 e. The minimum absolute atomic E-state index is 0. The molecular formula is C91H114F9N12O22PdS3-. The summed E-state index contributed by atoms with van der Waals surface area (Å²) in [5, 5.41) is 50.7. The summed E-state index contributed by atoms with van der Waals surface area (Å²) in [4.78, 5) is 92.8. The van der Waals surface area contributed by atoms with Gasteiger partial charge >= 0.3 is 25.1 Å². The summed E-state index contributed by atoms with van der Waals surface area (Å²) in [7, 11) is -11.4. The van der Waals surface area contributed by atoms with Gasteiger partial charge in [0, 0.05) is 126 Å². The number of nitrogens with one attached hydrogen (secondary N) is 4. The van der Waals surface area contributed by atoms with Gasteiger partial charge in [0.2, 0.25) is 30.1 Å². The zero-order chi connectivity index (χ0) is 96.7. The average molecular weight is 2100 g/mol. The summed E-state index contributed by atoms with van der Waals surface area (Å²) < 4.78 is 208. The summed E-state index contributed by atoms with van der Waals surface area (Å²) in [6.45, 7) is 14.8. The van der Waals surface area contributed by atoms with Gasteiger partial charge in [-0.05, 0) is 273 Å². The Morgan fingerprint density at radius 3 is 1.01 bits per heavy atom. The molecule has 0 bridgehead atoms. The van der Waals surface area contributed by atoms with Gasteiger partial charge < -0.3 is 89.6 Å². The number of aryl methyl sites for hydroxylation is 6. The summed E-state index contributed by atoms with van der Waals surface area (Å²) in [6, 6.07) is 25.3. The summed E-state index contributed by atoms with van der Waals surface area (Å²) in [6.07, 6.45) is -7.59. The van der Waals surface area contributed by atoms with Crippen molar-refractivity contribution < 1.29 is 166 Å². The second-order valence-corrected chi connectivity index (χ2v) is 39.7. The Labute approximate surface area is 807 Å². The standard InChI is InChI=1S/C30H35F3N4O6S.C30H33F3N4O6S.C25H24F3N3O6S.C5H11NO.CH3.3H2O.Pd.H2/c2*1-19-16-22(27(39)36-11-6-23(38)7-12-36)17-20(2)25(19)8-15-44(41,42)37-13-9-29(10-14-37)28(40)34-26(35-29)21-4-3-5-24(18-21)43-30(31,32)33;1-15-12-18(22(32)33)13-16(2)20(15)6-11-38(35,36)31-9-7-24(8-10-31)23(34)29-21(30-24)17-4-3-5-19(14-17)37-25(26,27)28;7-5-1-3-6-4-2-5;;;;;;/h3-5,16-18,23,38H,6-15H2,1-2H3,(H,34,35,40);3-5,8,15-18,23,38H,6-7,9-14H2,1-2H3,(H,34,35,40);3-6,11-14H,7-10H2,1-2H3,(H,32,33)(H,29,30,34);5-7H,1-4H2;1H3;3*1H2;;1H/q;;;;-1;;;;;/b;15-8+;11-6+;;;;;;;. The average Bonchev–Trinajstić information content (AvgIpc) is 1.64. The molecule has 9 aliphatic heterocycles. The van der Waals surface area contributed by atoms with E-state index in [1.165, 1.54) is 73.6 Å². The van der Waals surface area contributed by atoms with E-state index in [1.54, 1.807) is 61.8 Å². The van der Waals surface area contributed by atoms with Crippen molar-refractivity contribution >= 4 is 95.2 Å². The van der Waals surface area contributed by atoms with Crippen molar-refractivity contribution in [3.63, 3.8) is 0 Å². The molecule has 0 aromatic heterocycles. The Balaban J connectivity index is 0.000000302. The van der Waals surface area contributed by atoms with Crippen LogP contribution in [0.1, 0.15) is 176 Å². The Morgan fingerprint density at radius 2 is 0.725 bits per heavy atom. The largest absolute Gasteiger partial charge is 0.573 e. The van der Waals surface area contributed by atoms with Gasteiger partial charge in [-0.2, -0.15) is 8.61 Å². The number of sulfonamides is 3. The van der Waals surface area contributed by atoms with Crippen LogP contribution in [0.4, 0.5) is 39.5 Å². The minimum atomic E-state index is -4.87. The number of halogens is 9. The Kier molecular flexibility index (Phi) is 38.8. The zero-order valence-corrected chi connectivity index (χ0v) is 80.3. The van der Waals surface area contributed by atoms with Crippen LogP contribution < -0.4 is 35.5 Å². The second-order valence-electron chi connectivity index (χ2n) is 34.0. The summed E-state index contributed by atoms with van der Waals surface area (Å²) in [5.41, 5.74) is 4.69. The number of carboxylic acids is 1. The molecule has 0 aliphatic carbocycles. The molecule has 9 heterocycles. The van der Waals surface area contributed by atoms with Gasteiger partial charge in [-0.3, -0.25) is 38.9 Å². The maximum atomic E-state index is 13.3. The Hall–Kier alpha value is -10.5. The van der Waals surface area contributed by atoms with Gasteiger partial charge in [0.05, 0.1) is 29.6 Å². The smallest absolute Gasteiger partial charge is 0.478 e. The van der Waals surface area contributed by atoms with Crippen molar-refractivity contribution in [3.8, 4) is 17.2 Å². The number of alkyl halides is 9. The van der Waals surface area contributed by atoms with Crippen LogP contribution in [0.25, 0.3) is 12.2 Å². The van der Waals surface area contributed by atoms with Gasteiger partial charge in [0.25, 0.3) is 29.5 Å². The van der Waals surface area contributed by atoms with Gasteiger partial charge in [0.15, 0.2) is 0 Å². The van der Waals surface area contributed by atoms with Crippen molar-refractivity contribution in [2.45, 2.75) is 179 Å². The fraction of sp³-hybridized carbons (Fsp3) is 0.451. The van der Waals surface area contributed by atoms with Gasteiger partial charge in [-0.25, -0.2) is 34.4 Å². The number of aliphatic imine (C=N–C) groups is 3. The molecule has 0 radical (unpaired) electrons. The van der Waals surface area contributed by atoms with Crippen LogP contribution in [-0.2, 0) is 71.3 Å². The molecule has 6 aromatic carbocycles. The van der Waals surface area contributed by atoms with E-state index in [4.69, 9.17) is 5.11 Å². The number of amides is 5. The fourth-order valence-electron chi connectivity index (χ4n) is 17.2. The van der Waals surface area contributed by atoms with E-state index in [2.05, 4.69) is 50.5 Å². The summed E-state index contributed by atoms with van der Waals surface area (Å²) >= 11 is 0. The predicted molar refractivity (Wildman–Crippen MR) is 492 cm³/mol. The number of hydrogen-bond acceptors (Lipinski definition) is 22. The van der Waals surface area contributed by atoms with Crippen molar-refractivity contribution in [3.05, 3.63) is 211 Å². The van der Waals surface area contributed by atoms with E-state index in [0.717, 1.165) is 101 Å². The van der Waals surface area contributed by atoms with E-state index >= 15 is 0 Å². The Morgan fingerprint density at radius 1 is 0.442 bits per heavy atom. The number of benzene rings is 6. The third-order valence-electron chi connectivity index (χ3n) is 24.6. The zero-order valence-electron chi connectivity index (χ0n) is 76.3. The molecule has 47 heteroatoms. The Bertz CT molecular complexity index is 5880. The number of hydrogen-bond donors (Lipinski definition) is 8. The number of aliphatic hydroxyl groups excluding tert-OH is 3. The van der Waals surface area contributed by atoms with Crippen LogP contribution >= 0.6 is 0 Å². The van der Waals surface area contributed by atoms with Gasteiger partial charge in [-0.1, -0.05) is 36.4 Å². The first kappa shape index (κ1) is 114. The molecule has 34 nitrogen and oxygen atoms in total. The van der Waals surface area contributed by atoms with E-state index in [9.17, 15) is 109 Å². The number of rotatable bonds is 19. The molecule has 9 aliphatic rings. The van der Waals surface area contributed by atoms with Crippen LogP contribution in [0.5, 0.6) is 17.2 Å². The molecule has 3 spiro atoms. The van der Waals surface area contributed by atoms with Gasteiger partial charge in [-0.15, -0.1) is 39.5 Å². The maximum Gasteiger partial charge on any atom is 0.573 e. The molecule has 138 heavy (non-hydrogen) atoms. The monoisotopic (exact) mass is 2100 g/mol. The number of piperidine rings is 6. The number of carbonyl (C=O) groups is 6. The fourth-order valence-corrected chi connectivity index (χ4v) is 21.0. The third-order valence-corrected chi connectivity index (χ3v) is 29.6. The molecule has 5 amide bonds. The van der Waals surface area contributed by atoms with E-state index in [0.29, 0.717) is 85.2 Å².